The standard InChI is InChI=1S/C16H26N2O5S/c1-11-9-13(22-6)10-12(2)14(11)24(20,21)18-8-7-17-15(19)23-16(3,4)5/h9-10,18H,7-8H2,1-6H3,(H,17,19). The van der Waals surface area contributed by atoms with Gasteiger partial charge in [-0.3, -0.25) is 0 Å². The van der Waals surface area contributed by atoms with E-state index >= 15 is 0 Å². The number of sulfonamides is 1. The van der Waals surface area contributed by atoms with Crippen LogP contribution in [0.25, 0.3) is 0 Å². The second-order valence-electron chi connectivity index (χ2n) is 6.42. The van der Waals surface area contributed by atoms with Crippen molar-refractivity contribution in [2.24, 2.45) is 0 Å². The molecule has 24 heavy (non-hydrogen) atoms. The molecule has 0 heterocycles. The van der Waals surface area contributed by atoms with Crippen molar-refractivity contribution in [2.45, 2.75) is 45.1 Å². The fourth-order valence-corrected chi connectivity index (χ4v) is 3.67. The SMILES string of the molecule is COc1cc(C)c(S(=O)(=O)NCCNC(=O)OC(C)(C)C)c(C)c1. The third kappa shape index (κ3) is 6.01. The van der Waals surface area contributed by atoms with E-state index in [0.29, 0.717) is 16.9 Å². The summed E-state index contributed by atoms with van der Waals surface area (Å²) in [6.07, 6.45) is -0.585. The lowest BCUT2D eigenvalue weighted by molar-refractivity contribution is 0.0529. The predicted molar refractivity (Wildman–Crippen MR) is 91.9 cm³/mol. The Morgan fingerprint density at radius 3 is 2.12 bits per heavy atom. The summed E-state index contributed by atoms with van der Waals surface area (Å²) >= 11 is 0. The van der Waals surface area contributed by atoms with Crippen LogP contribution in [0.15, 0.2) is 17.0 Å². The average Bonchev–Trinajstić information content (AvgIpc) is 2.40. The molecule has 0 atom stereocenters. The van der Waals surface area contributed by atoms with E-state index in [0.717, 1.165) is 0 Å². The normalized spacial score (nSPS) is 11.9. The highest BCUT2D eigenvalue weighted by atomic mass is 32.2. The van der Waals surface area contributed by atoms with Gasteiger partial charge in [-0.25, -0.2) is 17.9 Å². The molecule has 1 aromatic carbocycles. The zero-order chi connectivity index (χ0) is 18.5. The van der Waals surface area contributed by atoms with Crippen molar-refractivity contribution >= 4 is 16.1 Å². The monoisotopic (exact) mass is 358 g/mol. The number of ether oxygens (including phenoxy) is 2. The molecule has 136 valence electrons. The quantitative estimate of drug-likeness (QED) is 0.760. The van der Waals surface area contributed by atoms with Gasteiger partial charge in [0, 0.05) is 13.1 Å². The van der Waals surface area contributed by atoms with Gasteiger partial charge in [0.05, 0.1) is 12.0 Å². The van der Waals surface area contributed by atoms with E-state index in [9.17, 15) is 13.2 Å². The minimum Gasteiger partial charge on any atom is -0.497 e. The topological polar surface area (TPSA) is 93.7 Å². The van der Waals surface area contributed by atoms with Crippen molar-refractivity contribution in [3.63, 3.8) is 0 Å². The summed E-state index contributed by atoms with van der Waals surface area (Å²) in [5.74, 6) is 0.607. The molecule has 0 aliphatic rings. The fraction of sp³-hybridized carbons (Fsp3) is 0.562. The Labute approximate surface area is 143 Å². The van der Waals surface area contributed by atoms with Gasteiger partial charge in [0.25, 0.3) is 0 Å². The van der Waals surface area contributed by atoms with Crippen LogP contribution in [0.5, 0.6) is 5.75 Å². The number of alkyl carbamates (subject to hydrolysis) is 1. The minimum absolute atomic E-state index is 0.0620. The van der Waals surface area contributed by atoms with Gasteiger partial charge < -0.3 is 14.8 Å². The van der Waals surface area contributed by atoms with Crippen LogP contribution >= 0.6 is 0 Å². The Bertz CT molecular complexity index is 670. The maximum Gasteiger partial charge on any atom is 0.407 e. The smallest absolute Gasteiger partial charge is 0.407 e. The first-order valence-corrected chi connectivity index (χ1v) is 9.06. The van der Waals surface area contributed by atoms with Crippen LogP contribution in [0.1, 0.15) is 31.9 Å². The zero-order valence-corrected chi connectivity index (χ0v) is 15.8. The van der Waals surface area contributed by atoms with Crippen molar-refractivity contribution < 1.29 is 22.7 Å². The van der Waals surface area contributed by atoms with Gasteiger partial charge >= 0.3 is 6.09 Å². The Morgan fingerprint density at radius 1 is 1.12 bits per heavy atom. The molecule has 1 amide bonds. The van der Waals surface area contributed by atoms with Crippen molar-refractivity contribution in [3.05, 3.63) is 23.3 Å². The lowest BCUT2D eigenvalue weighted by Crippen LogP contribution is -2.38. The van der Waals surface area contributed by atoms with Crippen molar-refractivity contribution in [2.75, 3.05) is 20.2 Å². The van der Waals surface area contributed by atoms with Crippen molar-refractivity contribution in [1.82, 2.24) is 10.0 Å². The molecule has 0 saturated carbocycles. The number of hydrogen-bond acceptors (Lipinski definition) is 5. The molecule has 0 aliphatic heterocycles. The number of nitrogens with one attached hydrogen (secondary N) is 2. The molecule has 0 saturated heterocycles. The molecular formula is C16H26N2O5S. The molecule has 0 fully saturated rings. The van der Waals surface area contributed by atoms with Crippen LogP contribution in [0.2, 0.25) is 0 Å². The Kier molecular flexibility index (Phi) is 6.62. The number of methoxy groups -OCH3 is 1. The summed E-state index contributed by atoms with van der Waals surface area (Å²) in [6, 6.07) is 3.33. The first-order chi connectivity index (χ1) is 11.0. The third-order valence-electron chi connectivity index (χ3n) is 3.02. The molecule has 2 N–H and O–H groups in total. The Hall–Kier alpha value is -1.80. The maximum atomic E-state index is 12.5. The number of hydrogen-bond donors (Lipinski definition) is 2. The van der Waals surface area contributed by atoms with E-state index < -0.39 is 21.7 Å². The summed E-state index contributed by atoms with van der Waals surface area (Å²) in [5, 5.41) is 2.50. The van der Waals surface area contributed by atoms with E-state index in [1.807, 2.05) is 0 Å². The number of benzene rings is 1. The van der Waals surface area contributed by atoms with E-state index in [2.05, 4.69) is 10.0 Å². The van der Waals surface area contributed by atoms with Crippen molar-refractivity contribution in [3.8, 4) is 5.75 Å². The number of carbonyl (C=O) groups is 1. The second-order valence-corrected chi connectivity index (χ2v) is 8.12. The molecule has 7 nitrogen and oxygen atoms in total. The van der Waals surface area contributed by atoms with Crippen LogP contribution in [0, 0.1) is 13.8 Å². The summed E-state index contributed by atoms with van der Waals surface area (Å²) in [4.78, 5) is 11.7. The summed E-state index contributed by atoms with van der Waals surface area (Å²) in [6.45, 7) is 8.88. The molecule has 8 heteroatoms. The molecule has 1 aromatic rings. The molecule has 0 bridgehead atoms. The summed E-state index contributed by atoms with van der Waals surface area (Å²) in [7, 11) is -2.15. The molecule has 0 radical (unpaired) electrons. The van der Waals surface area contributed by atoms with E-state index in [1.165, 1.54) is 7.11 Å². The molecule has 1 rings (SSSR count). The van der Waals surface area contributed by atoms with Crippen LogP contribution < -0.4 is 14.8 Å². The Balaban J connectivity index is 2.67. The highest BCUT2D eigenvalue weighted by Crippen LogP contribution is 2.25. The lowest BCUT2D eigenvalue weighted by Gasteiger charge is -2.19. The highest BCUT2D eigenvalue weighted by Gasteiger charge is 2.20. The summed E-state index contributed by atoms with van der Waals surface area (Å²) < 4.78 is 37.6. The number of rotatable bonds is 6. The van der Waals surface area contributed by atoms with Gasteiger partial charge in [-0.1, -0.05) is 0 Å². The van der Waals surface area contributed by atoms with Gasteiger partial charge in [-0.05, 0) is 57.9 Å². The van der Waals surface area contributed by atoms with Gasteiger partial charge in [0.15, 0.2) is 0 Å². The Morgan fingerprint density at radius 2 is 1.67 bits per heavy atom. The number of carbonyl (C=O) groups excluding carboxylic acids is 1. The van der Waals surface area contributed by atoms with Gasteiger partial charge in [0.1, 0.15) is 11.4 Å². The first kappa shape index (κ1) is 20.2. The second kappa shape index (κ2) is 7.85. The van der Waals surface area contributed by atoms with E-state index in [4.69, 9.17) is 9.47 Å². The average molecular weight is 358 g/mol. The predicted octanol–water partition coefficient (Wildman–Crippen LogP) is 2.12. The molecule has 0 unspecified atom stereocenters. The van der Waals surface area contributed by atoms with Crippen LogP contribution in [0.4, 0.5) is 4.79 Å². The lowest BCUT2D eigenvalue weighted by atomic mass is 10.1. The van der Waals surface area contributed by atoms with E-state index in [1.54, 1.807) is 46.8 Å². The molecule has 0 aromatic heterocycles. The van der Waals surface area contributed by atoms with Gasteiger partial charge in [-0.15, -0.1) is 0 Å². The van der Waals surface area contributed by atoms with Crippen LogP contribution in [-0.2, 0) is 14.8 Å². The van der Waals surface area contributed by atoms with Gasteiger partial charge in [-0.2, -0.15) is 0 Å². The largest absolute Gasteiger partial charge is 0.497 e. The van der Waals surface area contributed by atoms with Crippen LogP contribution in [-0.4, -0.2) is 40.3 Å². The molecule has 0 spiro atoms. The first-order valence-electron chi connectivity index (χ1n) is 7.58. The molecular weight excluding hydrogens is 332 g/mol. The minimum atomic E-state index is -3.68. The highest BCUT2D eigenvalue weighted by molar-refractivity contribution is 7.89. The van der Waals surface area contributed by atoms with Gasteiger partial charge in [0.2, 0.25) is 10.0 Å². The number of aryl methyl sites for hydroxylation is 2. The summed E-state index contributed by atoms with van der Waals surface area (Å²) in [5.41, 5.74) is 0.597. The maximum absolute atomic E-state index is 12.5. The van der Waals surface area contributed by atoms with E-state index in [-0.39, 0.29) is 18.0 Å². The number of amides is 1. The third-order valence-corrected chi connectivity index (χ3v) is 4.79. The van der Waals surface area contributed by atoms with Crippen LogP contribution in [0.3, 0.4) is 0 Å². The fourth-order valence-electron chi connectivity index (χ4n) is 2.19. The van der Waals surface area contributed by atoms with Crippen molar-refractivity contribution in [1.29, 1.82) is 0 Å². The molecule has 0 aliphatic carbocycles. The zero-order valence-electron chi connectivity index (χ0n) is 15.0.